The molecule has 0 aromatic heterocycles. The van der Waals surface area contributed by atoms with Crippen molar-refractivity contribution in [2.45, 2.75) is 4.90 Å². The summed E-state index contributed by atoms with van der Waals surface area (Å²) in [6.45, 7) is 0. The molecule has 0 aliphatic rings. The van der Waals surface area contributed by atoms with Gasteiger partial charge in [0.15, 0.2) is 11.5 Å². The highest BCUT2D eigenvalue weighted by molar-refractivity contribution is 7.86. The van der Waals surface area contributed by atoms with Gasteiger partial charge in [0.2, 0.25) is 0 Å². The Hall–Kier alpha value is -1.89. The minimum Gasteiger partial charge on any atom is -0.379 e. The van der Waals surface area contributed by atoms with Crippen LogP contribution in [0, 0.1) is 0 Å². The Morgan fingerprint density at radius 3 is 1.62 bits per heavy atom. The van der Waals surface area contributed by atoms with Gasteiger partial charge in [-0.1, -0.05) is 6.07 Å². The summed E-state index contributed by atoms with van der Waals surface area (Å²) in [5.74, 6) is -0.821. The largest absolute Gasteiger partial charge is 0.379 e. The first kappa shape index (κ1) is 18.4. The zero-order valence-corrected chi connectivity index (χ0v) is 14.8. The molecule has 0 atom stereocenters. The SMILES string of the molecule is CS(=O)(=O)Oc1cc2ccc(S(=O)(=O)O)cc2cc1OS(C)(=O)=O. The first-order valence-electron chi connectivity index (χ1n) is 6.09. The number of hydrogen-bond acceptors (Lipinski definition) is 8. The normalized spacial score (nSPS) is 13.0. The minimum atomic E-state index is -4.47. The fourth-order valence-corrected chi connectivity index (χ4v) is 3.28. The highest BCUT2D eigenvalue weighted by atomic mass is 32.2. The summed E-state index contributed by atoms with van der Waals surface area (Å²) in [7, 11) is -12.4. The summed E-state index contributed by atoms with van der Waals surface area (Å²) < 4.78 is 86.0. The maximum Gasteiger partial charge on any atom is 0.306 e. The van der Waals surface area contributed by atoms with Crippen molar-refractivity contribution in [3.05, 3.63) is 30.3 Å². The molecule has 0 bridgehead atoms. The van der Waals surface area contributed by atoms with Crippen LogP contribution in [0.25, 0.3) is 10.8 Å². The fourth-order valence-electron chi connectivity index (χ4n) is 1.85. The van der Waals surface area contributed by atoms with Crippen LogP contribution in [0.4, 0.5) is 0 Å². The standard InChI is InChI=1S/C12H12O9S3/c1-22(13,14)20-11-6-8-3-4-10(24(17,18)19)5-9(8)7-12(11)21-23(2,15)16/h3-7H,1-2H3,(H,17,18,19). The molecule has 2 aromatic rings. The lowest BCUT2D eigenvalue weighted by Gasteiger charge is -2.11. The molecule has 0 aliphatic heterocycles. The molecule has 2 rings (SSSR count). The average Bonchev–Trinajstić information content (AvgIpc) is 2.34. The highest BCUT2D eigenvalue weighted by Crippen LogP contribution is 2.35. The first-order chi connectivity index (χ1) is 10.7. The van der Waals surface area contributed by atoms with Gasteiger partial charge in [-0.15, -0.1) is 0 Å². The van der Waals surface area contributed by atoms with Gasteiger partial charge < -0.3 is 8.37 Å². The second-order valence-electron chi connectivity index (χ2n) is 4.86. The summed E-state index contributed by atoms with van der Waals surface area (Å²) in [6.07, 6.45) is 1.51. The molecule has 132 valence electrons. The summed E-state index contributed by atoms with van der Waals surface area (Å²) in [6, 6.07) is 5.72. The summed E-state index contributed by atoms with van der Waals surface area (Å²) in [5.41, 5.74) is 0. The molecule has 0 saturated heterocycles. The average molecular weight is 396 g/mol. The van der Waals surface area contributed by atoms with Crippen molar-refractivity contribution in [2.24, 2.45) is 0 Å². The van der Waals surface area contributed by atoms with Gasteiger partial charge in [-0.25, -0.2) is 0 Å². The fraction of sp³-hybridized carbons (Fsp3) is 0.167. The zero-order valence-electron chi connectivity index (χ0n) is 12.3. The van der Waals surface area contributed by atoms with E-state index in [0.717, 1.165) is 30.7 Å². The van der Waals surface area contributed by atoms with Crippen molar-refractivity contribution < 1.29 is 38.2 Å². The molecule has 0 saturated carbocycles. The second kappa shape index (κ2) is 5.88. The molecule has 9 nitrogen and oxygen atoms in total. The third kappa shape index (κ3) is 4.80. The van der Waals surface area contributed by atoms with Crippen LogP contribution in [0.5, 0.6) is 11.5 Å². The topological polar surface area (TPSA) is 141 Å². The second-order valence-corrected chi connectivity index (χ2v) is 9.43. The van der Waals surface area contributed by atoms with Gasteiger partial charge in [-0.3, -0.25) is 4.55 Å². The van der Waals surface area contributed by atoms with Gasteiger partial charge in [-0.05, 0) is 35.0 Å². The van der Waals surface area contributed by atoms with Crippen LogP contribution in [0.2, 0.25) is 0 Å². The Labute approximate surface area is 138 Å². The Bertz CT molecular complexity index is 1110. The Morgan fingerprint density at radius 1 is 0.750 bits per heavy atom. The van der Waals surface area contributed by atoms with E-state index in [1.165, 1.54) is 12.1 Å². The molecular weight excluding hydrogens is 384 g/mol. The summed E-state index contributed by atoms with van der Waals surface area (Å²) >= 11 is 0. The molecule has 24 heavy (non-hydrogen) atoms. The van der Waals surface area contributed by atoms with E-state index in [9.17, 15) is 25.3 Å². The predicted molar refractivity (Wildman–Crippen MR) is 84.7 cm³/mol. The number of hydrogen-bond donors (Lipinski definition) is 1. The molecule has 12 heteroatoms. The van der Waals surface area contributed by atoms with E-state index < -0.39 is 41.0 Å². The van der Waals surface area contributed by atoms with Crippen molar-refractivity contribution in [2.75, 3.05) is 12.5 Å². The number of fused-ring (bicyclic) bond motifs is 1. The molecule has 0 spiro atoms. The monoisotopic (exact) mass is 396 g/mol. The third-order valence-electron chi connectivity index (χ3n) is 2.65. The molecule has 0 fully saturated rings. The van der Waals surface area contributed by atoms with Gasteiger partial charge in [0.05, 0.1) is 17.4 Å². The maximum atomic E-state index is 11.3. The van der Waals surface area contributed by atoms with Crippen LogP contribution in [-0.2, 0) is 30.4 Å². The predicted octanol–water partition coefficient (Wildman–Crippen LogP) is 0.763. The quantitative estimate of drug-likeness (QED) is 0.572. The Balaban J connectivity index is 2.74. The molecule has 0 unspecified atom stereocenters. The van der Waals surface area contributed by atoms with E-state index in [4.69, 9.17) is 8.74 Å². The summed E-state index contributed by atoms with van der Waals surface area (Å²) in [4.78, 5) is -0.419. The van der Waals surface area contributed by atoms with Crippen LogP contribution in [0.3, 0.4) is 0 Å². The lowest BCUT2D eigenvalue weighted by atomic mass is 10.1. The Morgan fingerprint density at radius 2 is 1.21 bits per heavy atom. The zero-order chi connectivity index (χ0) is 18.3. The van der Waals surface area contributed by atoms with Crippen molar-refractivity contribution in [1.29, 1.82) is 0 Å². The van der Waals surface area contributed by atoms with Gasteiger partial charge >= 0.3 is 20.2 Å². The lowest BCUT2D eigenvalue weighted by Crippen LogP contribution is -2.10. The van der Waals surface area contributed by atoms with Crippen LogP contribution in [-0.4, -0.2) is 42.3 Å². The first-order valence-corrected chi connectivity index (χ1v) is 11.2. The van der Waals surface area contributed by atoms with Gasteiger partial charge in [-0.2, -0.15) is 25.3 Å². The lowest BCUT2D eigenvalue weighted by molar-refractivity contribution is 0.456. The number of benzene rings is 2. The van der Waals surface area contributed by atoms with E-state index in [2.05, 4.69) is 4.18 Å². The maximum absolute atomic E-state index is 11.3. The van der Waals surface area contributed by atoms with E-state index in [-0.39, 0.29) is 11.1 Å². The van der Waals surface area contributed by atoms with Crippen molar-refractivity contribution in [3.8, 4) is 11.5 Å². The van der Waals surface area contributed by atoms with E-state index in [1.807, 2.05) is 0 Å². The minimum absolute atomic E-state index is 0.185. The van der Waals surface area contributed by atoms with Crippen LogP contribution >= 0.6 is 0 Å². The van der Waals surface area contributed by atoms with Crippen LogP contribution in [0.15, 0.2) is 35.2 Å². The molecule has 0 aliphatic carbocycles. The molecule has 0 radical (unpaired) electrons. The van der Waals surface area contributed by atoms with Crippen molar-refractivity contribution >= 4 is 41.1 Å². The molecule has 0 amide bonds. The highest BCUT2D eigenvalue weighted by Gasteiger charge is 2.18. The van der Waals surface area contributed by atoms with Gasteiger partial charge in [0.25, 0.3) is 10.1 Å². The Kier molecular flexibility index (Phi) is 4.52. The van der Waals surface area contributed by atoms with E-state index in [1.54, 1.807) is 0 Å². The van der Waals surface area contributed by atoms with Crippen molar-refractivity contribution in [1.82, 2.24) is 0 Å². The smallest absolute Gasteiger partial charge is 0.306 e. The summed E-state index contributed by atoms with van der Waals surface area (Å²) in [5, 5.41) is 0.520. The van der Waals surface area contributed by atoms with Gasteiger partial charge in [0.1, 0.15) is 0 Å². The number of rotatable bonds is 5. The van der Waals surface area contributed by atoms with Crippen LogP contribution in [0.1, 0.15) is 0 Å². The van der Waals surface area contributed by atoms with Gasteiger partial charge in [0, 0.05) is 0 Å². The molecule has 2 aromatic carbocycles. The van der Waals surface area contributed by atoms with E-state index >= 15 is 0 Å². The molecule has 1 N–H and O–H groups in total. The molecular formula is C12H12O9S3. The van der Waals surface area contributed by atoms with Crippen LogP contribution < -0.4 is 8.37 Å². The van der Waals surface area contributed by atoms with Crippen molar-refractivity contribution in [3.63, 3.8) is 0 Å². The third-order valence-corrected chi connectivity index (χ3v) is 4.47. The van der Waals surface area contributed by atoms with E-state index in [0.29, 0.717) is 5.39 Å². The molecule has 0 heterocycles.